The van der Waals surface area contributed by atoms with Crippen LogP contribution in [0.2, 0.25) is 0 Å². The number of hydrogen-bond acceptors (Lipinski definition) is 3. The molecule has 3 rings (SSSR count). The van der Waals surface area contributed by atoms with Gasteiger partial charge in [-0.25, -0.2) is 0 Å². The predicted molar refractivity (Wildman–Crippen MR) is 85.0 cm³/mol. The van der Waals surface area contributed by atoms with Crippen LogP contribution in [0.5, 0.6) is 0 Å². The van der Waals surface area contributed by atoms with Crippen LogP contribution in [0, 0.1) is 6.92 Å². The van der Waals surface area contributed by atoms with Crippen LogP contribution in [0.25, 0.3) is 11.1 Å². The maximum absolute atomic E-state index is 13.2. The molecule has 0 spiro atoms. The van der Waals surface area contributed by atoms with Gasteiger partial charge in [0, 0.05) is 11.3 Å². The fourth-order valence-electron chi connectivity index (χ4n) is 2.67. The summed E-state index contributed by atoms with van der Waals surface area (Å²) in [5.41, 5.74) is 8.80. The highest BCUT2D eigenvalue weighted by Crippen LogP contribution is 2.28. The van der Waals surface area contributed by atoms with E-state index in [0.717, 1.165) is 16.8 Å². The van der Waals surface area contributed by atoms with Gasteiger partial charge in [0.2, 0.25) is 0 Å². The molecule has 0 aliphatic rings. The lowest BCUT2D eigenvalue weighted by molar-refractivity contribution is -0.467. The van der Waals surface area contributed by atoms with E-state index in [2.05, 4.69) is 10.2 Å². The van der Waals surface area contributed by atoms with E-state index in [0.29, 0.717) is 11.1 Å². The number of aromatic nitrogens is 2. The van der Waals surface area contributed by atoms with E-state index in [-0.39, 0.29) is 6.54 Å². The van der Waals surface area contributed by atoms with Crippen LogP contribution in [-0.2, 0) is 5.60 Å². The molecule has 112 valence electrons. The van der Waals surface area contributed by atoms with Gasteiger partial charge in [-0.2, -0.15) is 5.10 Å². The number of rotatable bonds is 4. The second-order valence-corrected chi connectivity index (χ2v) is 5.38. The highest BCUT2D eigenvalue weighted by atomic mass is 16.3. The van der Waals surface area contributed by atoms with Crippen molar-refractivity contribution in [3.05, 3.63) is 77.6 Å². The summed E-state index contributed by atoms with van der Waals surface area (Å²) >= 11 is 0. The molecule has 0 saturated carbocycles. The van der Waals surface area contributed by atoms with Crippen LogP contribution in [0.15, 0.2) is 60.8 Å². The van der Waals surface area contributed by atoms with Crippen LogP contribution in [-0.4, -0.2) is 16.7 Å². The summed E-state index contributed by atoms with van der Waals surface area (Å²) in [6, 6.07) is 16.9. The molecule has 0 radical (unpaired) electrons. The molecule has 4 heteroatoms. The summed E-state index contributed by atoms with van der Waals surface area (Å²) in [6.07, 6.45) is 1.79. The minimum absolute atomic E-state index is 0.0150. The molecule has 22 heavy (non-hydrogen) atoms. The molecular weight excluding hydrogens is 274 g/mol. The zero-order valence-corrected chi connectivity index (χ0v) is 12.4. The lowest BCUT2D eigenvalue weighted by Gasteiger charge is -2.40. The Balaban J connectivity index is 1.99. The van der Waals surface area contributed by atoms with Crippen molar-refractivity contribution in [1.29, 1.82) is 0 Å². The number of H-pyrrole nitrogens is 1. The van der Waals surface area contributed by atoms with Gasteiger partial charge in [-0.1, -0.05) is 65.7 Å². The van der Waals surface area contributed by atoms with Gasteiger partial charge in [0.25, 0.3) is 0 Å². The molecule has 4 nitrogen and oxygen atoms in total. The fraction of sp³-hybridized carbons (Fsp3) is 0.167. The van der Waals surface area contributed by atoms with Crippen molar-refractivity contribution in [2.24, 2.45) is 5.73 Å². The summed E-state index contributed by atoms with van der Waals surface area (Å²) in [7, 11) is 0. The van der Waals surface area contributed by atoms with Gasteiger partial charge in [-0.3, -0.25) is 5.10 Å². The van der Waals surface area contributed by atoms with Crippen LogP contribution >= 0.6 is 0 Å². The van der Waals surface area contributed by atoms with Crippen molar-refractivity contribution in [1.82, 2.24) is 10.2 Å². The molecule has 1 unspecified atom stereocenters. The number of nitrogens with one attached hydrogen (secondary N) is 1. The third-order valence-corrected chi connectivity index (χ3v) is 4.02. The maximum Gasteiger partial charge on any atom is 0.0568 e. The predicted octanol–water partition coefficient (Wildman–Crippen LogP) is 1.95. The molecule has 0 aliphatic heterocycles. The van der Waals surface area contributed by atoms with E-state index >= 15 is 0 Å². The van der Waals surface area contributed by atoms with Crippen molar-refractivity contribution >= 4 is 0 Å². The smallest absolute Gasteiger partial charge is 0.0568 e. The zero-order valence-electron chi connectivity index (χ0n) is 12.4. The fourth-order valence-corrected chi connectivity index (χ4v) is 2.67. The Hall–Kier alpha value is -2.43. The second kappa shape index (κ2) is 5.75. The van der Waals surface area contributed by atoms with Crippen molar-refractivity contribution < 1.29 is 5.11 Å². The van der Waals surface area contributed by atoms with E-state index in [1.807, 2.05) is 61.5 Å². The van der Waals surface area contributed by atoms with Crippen molar-refractivity contribution in [2.75, 3.05) is 6.54 Å². The number of hydrogen-bond donors (Lipinski definition) is 2. The van der Waals surface area contributed by atoms with Gasteiger partial charge >= 0.3 is 0 Å². The van der Waals surface area contributed by atoms with Gasteiger partial charge in [-0.15, -0.1) is 0 Å². The molecule has 3 aromatic rings. The monoisotopic (exact) mass is 292 g/mol. The third-order valence-electron chi connectivity index (χ3n) is 4.02. The normalized spacial score (nSPS) is 13.8. The first-order valence-corrected chi connectivity index (χ1v) is 7.22. The molecular formula is C18H18N3O-. The second-order valence-electron chi connectivity index (χ2n) is 5.38. The summed E-state index contributed by atoms with van der Waals surface area (Å²) in [5, 5.41) is 20.1. The SMILES string of the molecule is Cc1[nH]ncc1-c1ccc(C([O-])(CN)c2ccccc2)cc1. The summed E-state index contributed by atoms with van der Waals surface area (Å²) in [6.45, 7) is 1.99. The Morgan fingerprint density at radius 1 is 1.05 bits per heavy atom. The number of aryl methyl sites for hydroxylation is 1. The molecule has 3 N–H and O–H groups in total. The van der Waals surface area contributed by atoms with Crippen LogP contribution < -0.4 is 10.8 Å². The first kappa shape index (κ1) is 14.5. The molecule has 0 amide bonds. The van der Waals surface area contributed by atoms with Gasteiger partial charge in [0.05, 0.1) is 6.20 Å². The topological polar surface area (TPSA) is 77.8 Å². The number of nitrogens with zero attached hydrogens (tertiary/aromatic N) is 1. The van der Waals surface area contributed by atoms with E-state index in [1.54, 1.807) is 6.20 Å². The molecule has 0 fully saturated rings. The van der Waals surface area contributed by atoms with Gasteiger partial charge in [-0.05, 0) is 24.6 Å². The van der Waals surface area contributed by atoms with E-state index in [9.17, 15) is 5.11 Å². The molecule has 0 saturated heterocycles. The highest BCUT2D eigenvalue weighted by Gasteiger charge is 2.19. The minimum atomic E-state index is -1.43. The molecule has 1 heterocycles. The lowest BCUT2D eigenvalue weighted by Crippen LogP contribution is -2.48. The Kier molecular flexibility index (Phi) is 3.79. The minimum Gasteiger partial charge on any atom is -0.842 e. The Morgan fingerprint density at radius 2 is 1.68 bits per heavy atom. The average molecular weight is 292 g/mol. The molecule has 2 aromatic carbocycles. The maximum atomic E-state index is 13.2. The number of benzene rings is 2. The van der Waals surface area contributed by atoms with E-state index in [1.165, 1.54) is 0 Å². The third kappa shape index (κ3) is 2.43. The number of aromatic amines is 1. The first-order chi connectivity index (χ1) is 10.6. The summed E-state index contributed by atoms with van der Waals surface area (Å²) in [5.74, 6) is 0. The largest absolute Gasteiger partial charge is 0.842 e. The summed E-state index contributed by atoms with van der Waals surface area (Å²) < 4.78 is 0. The van der Waals surface area contributed by atoms with Gasteiger partial charge in [0.1, 0.15) is 0 Å². The van der Waals surface area contributed by atoms with Crippen molar-refractivity contribution in [3.63, 3.8) is 0 Å². The highest BCUT2D eigenvalue weighted by molar-refractivity contribution is 5.65. The quantitative estimate of drug-likeness (QED) is 0.771. The van der Waals surface area contributed by atoms with Crippen LogP contribution in [0.3, 0.4) is 0 Å². The molecule has 1 aromatic heterocycles. The Labute approximate surface area is 129 Å². The van der Waals surface area contributed by atoms with Crippen molar-refractivity contribution in [3.8, 4) is 11.1 Å². The van der Waals surface area contributed by atoms with Crippen LogP contribution in [0.4, 0.5) is 0 Å². The molecule has 1 atom stereocenters. The molecule has 0 bridgehead atoms. The zero-order chi connectivity index (χ0) is 15.6. The van der Waals surface area contributed by atoms with E-state index < -0.39 is 5.60 Å². The lowest BCUT2D eigenvalue weighted by atomic mass is 9.86. The Bertz CT molecular complexity index is 750. The van der Waals surface area contributed by atoms with Crippen molar-refractivity contribution in [2.45, 2.75) is 12.5 Å². The van der Waals surface area contributed by atoms with Crippen LogP contribution in [0.1, 0.15) is 16.8 Å². The summed E-state index contributed by atoms with van der Waals surface area (Å²) in [4.78, 5) is 0. The first-order valence-electron chi connectivity index (χ1n) is 7.22. The number of nitrogens with two attached hydrogens (primary N) is 1. The molecule has 0 aliphatic carbocycles. The van der Waals surface area contributed by atoms with Gasteiger partial charge in [0.15, 0.2) is 0 Å². The van der Waals surface area contributed by atoms with Gasteiger partial charge < -0.3 is 10.8 Å². The average Bonchev–Trinajstić information content (AvgIpc) is 3.01. The standard InChI is InChI=1S/C18H18N3O/c1-13-17(11-20-21-13)14-7-9-16(10-8-14)18(22,12-19)15-5-3-2-4-6-15/h2-11H,12,19H2,1H3,(H,20,21)/q-1. The Morgan fingerprint density at radius 3 is 2.23 bits per heavy atom. The van der Waals surface area contributed by atoms with E-state index in [4.69, 9.17) is 5.73 Å².